The van der Waals surface area contributed by atoms with Gasteiger partial charge in [-0.2, -0.15) is 0 Å². The van der Waals surface area contributed by atoms with E-state index in [2.05, 4.69) is 18.3 Å². The minimum absolute atomic E-state index is 0.0842. The molecule has 168 valence electrons. The molecule has 3 rings (SSSR count). The van der Waals surface area contributed by atoms with Crippen LogP contribution < -0.4 is 29.3 Å². The molecule has 2 aromatic carbocycles. The molecular formula is C24H35N3O4+2. The van der Waals surface area contributed by atoms with Crippen LogP contribution in [0.15, 0.2) is 36.4 Å². The first-order chi connectivity index (χ1) is 15.1. The van der Waals surface area contributed by atoms with Crippen molar-refractivity contribution in [1.82, 2.24) is 0 Å². The van der Waals surface area contributed by atoms with Crippen molar-refractivity contribution < 1.29 is 28.8 Å². The maximum Gasteiger partial charge on any atom is 0.279 e. The first-order valence-corrected chi connectivity index (χ1v) is 10.9. The summed E-state index contributed by atoms with van der Waals surface area (Å²) in [5.41, 5.74) is 3.20. The van der Waals surface area contributed by atoms with Gasteiger partial charge in [-0.25, -0.2) is 0 Å². The number of anilines is 1. The Morgan fingerprint density at radius 2 is 1.55 bits per heavy atom. The van der Waals surface area contributed by atoms with Crippen LogP contribution in [0, 0.1) is 0 Å². The Hall–Kier alpha value is -2.77. The fourth-order valence-electron chi connectivity index (χ4n) is 4.25. The molecule has 7 heteroatoms. The van der Waals surface area contributed by atoms with Crippen molar-refractivity contribution in [3.05, 3.63) is 47.5 Å². The van der Waals surface area contributed by atoms with Gasteiger partial charge in [0, 0.05) is 5.69 Å². The molecule has 0 bridgehead atoms. The molecule has 1 fully saturated rings. The van der Waals surface area contributed by atoms with E-state index in [9.17, 15) is 4.79 Å². The molecule has 1 aliphatic rings. The zero-order valence-electron chi connectivity index (χ0n) is 19.0. The second-order valence-corrected chi connectivity index (χ2v) is 7.91. The molecule has 1 saturated heterocycles. The van der Waals surface area contributed by atoms with Gasteiger partial charge in [0.15, 0.2) is 18.0 Å². The van der Waals surface area contributed by atoms with E-state index in [1.54, 1.807) is 21.3 Å². The van der Waals surface area contributed by atoms with E-state index >= 15 is 0 Å². The number of hydrogen-bond donors (Lipinski definition) is 3. The largest absolute Gasteiger partial charge is 0.493 e. The number of rotatable bonds is 9. The highest BCUT2D eigenvalue weighted by Gasteiger charge is 2.27. The SMILES string of the molecule is CCc1ccccc1NC(=O)C[NH+]1CC[NH+](Cc2ccc(OC)c(OC)c2OC)CC1. The summed E-state index contributed by atoms with van der Waals surface area (Å²) in [7, 11) is 4.91. The molecule has 1 amide bonds. The van der Waals surface area contributed by atoms with E-state index in [0.29, 0.717) is 18.0 Å². The summed E-state index contributed by atoms with van der Waals surface area (Å²) in [5, 5.41) is 3.09. The van der Waals surface area contributed by atoms with Gasteiger partial charge in [-0.3, -0.25) is 4.79 Å². The van der Waals surface area contributed by atoms with Gasteiger partial charge in [-0.1, -0.05) is 25.1 Å². The number of quaternary nitrogens is 2. The zero-order valence-corrected chi connectivity index (χ0v) is 19.0. The molecule has 2 aromatic rings. The number of amides is 1. The quantitative estimate of drug-likeness (QED) is 0.533. The Kier molecular flexibility index (Phi) is 8.14. The summed E-state index contributed by atoms with van der Waals surface area (Å²) in [5.74, 6) is 2.12. The average Bonchev–Trinajstić information content (AvgIpc) is 2.80. The number of carbonyl (C=O) groups excluding carboxylic acids is 1. The number of nitrogens with one attached hydrogen (secondary N) is 3. The number of benzene rings is 2. The van der Waals surface area contributed by atoms with Gasteiger partial charge in [-0.05, 0) is 30.2 Å². The summed E-state index contributed by atoms with van der Waals surface area (Å²) < 4.78 is 16.5. The number of aryl methyl sites for hydroxylation is 1. The molecule has 1 aliphatic heterocycles. The van der Waals surface area contributed by atoms with Crippen LogP contribution in [0.2, 0.25) is 0 Å². The lowest BCUT2D eigenvalue weighted by atomic mass is 10.1. The van der Waals surface area contributed by atoms with Gasteiger partial charge >= 0.3 is 0 Å². The highest BCUT2D eigenvalue weighted by molar-refractivity contribution is 5.92. The van der Waals surface area contributed by atoms with Crippen LogP contribution >= 0.6 is 0 Å². The molecule has 7 nitrogen and oxygen atoms in total. The molecule has 0 aliphatic carbocycles. The topological polar surface area (TPSA) is 65.7 Å². The molecular weight excluding hydrogens is 394 g/mol. The zero-order chi connectivity index (χ0) is 22.2. The standard InChI is InChI=1S/C24H33N3O4/c1-5-18-8-6-7-9-20(18)25-22(28)17-27-14-12-26(13-15-27)16-19-10-11-21(29-2)24(31-4)23(19)30-3/h6-11H,5,12-17H2,1-4H3,(H,25,28)/p+2. The lowest BCUT2D eigenvalue weighted by Crippen LogP contribution is -3.28. The van der Waals surface area contributed by atoms with Crippen molar-refractivity contribution in [2.24, 2.45) is 0 Å². The van der Waals surface area contributed by atoms with Crippen LogP contribution in [-0.4, -0.2) is 60.0 Å². The Labute approximate surface area is 184 Å². The van der Waals surface area contributed by atoms with Gasteiger partial charge in [-0.15, -0.1) is 0 Å². The predicted molar refractivity (Wildman–Crippen MR) is 121 cm³/mol. The second-order valence-electron chi connectivity index (χ2n) is 7.91. The highest BCUT2D eigenvalue weighted by Crippen LogP contribution is 2.39. The number of para-hydroxylation sites is 1. The van der Waals surface area contributed by atoms with Gasteiger partial charge < -0.3 is 29.3 Å². The summed E-state index contributed by atoms with van der Waals surface area (Å²) in [6.45, 7) is 7.41. The first kappa shape index (κ1) is 22.9. The van der Waals surface area contributed by atoms with Gasteiger partial charge in [0.1, 0.15) is 32.7 Å². The Morgan fingerprint density at radius 1 is 0.871 bits per heavy atom. The lowest BCUT2D eigenvalue weighted by molar-refractivity contribution is -1.02. The van der Waals surface area contributed by atoms with E-state index in [-0.39, 0.29) is 5.91 Å². The molecule has 31 heavy (non-hydrogen) atoms. The van der Waals surface area contributed by atoms with E-state index in [4.69, 9.17) is 14.2 Å². The monoisotopic (exact) mass is 429 g/mol. The molecule has 0 spiro atoms. The maximum atomic E-state index is 12.6. The van der Waals surface area contributed by atoms with Crippen LogP contribution in [0.5, 0.6) is 17.2 Å². The van der Waals surface area contributed by atoms with Gasteiger partial charge in [0.05, 0.1) is 26.9 Å². The van der Waals surface area contributed by atoms with Crippen molar-refractivity contribution >= 4 is 11.6 Å². The summed E-state index contributed by atoms with van der Waals surface area (Å²) in [4.78, 5) is 15.4. The van der Waals surface area contributed by atoms with Crippen molar-refractivity contribution in [2.45, 2.75) is 19.9 Å². The molecule has 1 heterocycles. The Balaban J connectivity index is 1.54. The molecule has 0 radical (unpaired) electrons. The number of piperazine rings is 1. The minimum Gasteiger partial charge on any atom is -0.493 e. The van der Waals surface area contributed by atoms with Crippen molar-refractivity contribution in [1.29, 1.82) is 0 Å². The maximum absolute atomic E-state index is 12.6. The van der Waals surface area contributed by atoms with Crippen molar-refractivity contribution in [3.63, 3.8) is 0 Å². The fourth-order valence-corrected chi connectivity index (χ4v) is 4.25. The molecule has 0 unspecified atom stereocenters. The normalized spacial score (nSPS) is 18.3. The Bertz CT molecular complexity index is 879. The van der Waals surface area contributed by atoms with E-state index < -0.39 is 0 Å². The van der Waals surface area contributed by atoms with Crippen LogP contribution in [0.25, 0.3) is 0 Å². The predicted octanol–water partition coefficient (Wildman–Crippen LogP) is 0.197. The summed E-state index contributed by atoms with van der Waals surface area (Å²) in [6.07, 6.45) is 0.908. The minimum atomic E-state index is 0.0842. The average molecular weight is 430 g/mol. The number of carbonyl (C=O) groups is 1. The van der Waals surface area contributed by atoms with Gasteiger partial charge in [0.2, 0.25) is 5.75 Å². The smallest absolute Gasteiger partial charge is 0.279 e. The van der Waals surface area contributed by atoms with Crippen LogP contribution in [0.4, 0.5) is 5.69 Å². The molecule has 3 N–H and O–H groups in total. The van der Waals surface area contributed by atoms with Crippen LogP contribution in [0.3, 0.4) is 0 Å². The van der Waals surface area contributed by atoms with Crippen LogP contribution in [0.1, 0.15) is 18.1 Å². The molecule has 0 atom stereocenters. The second kappa shape index (κ2) is 11.0. The van der Waals surface area contributed by atoms with E-state index in [0.717, 1.165) is 56.1 Å². The molecule has 0 saturated carbocycles. The third-order valence-corrected chi connectivity index (χ3v) is 5.97. The summed E-state index contributed by atoms with van der Waals surface area (Å²) >= 11 is 0. The lowest BCUT2D eigenvalue weighted by Gasteiger charge is -2.30. The number of ether oxygens (including phenoxy) is 3. The van der Waals surface area contributed by atoms with Crippen LogP contribution in [-0.2, 0) is 17.8 Å². The number of hydrogen-bond acceptors (Lipinski definition) is 4. The third kappa shape index (κ3) is 5.68. The van der Waals surface area contributed by atoms with Crippen molar-refractivity contribution in [3.8, 4) is 17.2 Å². The van der Waals surface area contributed by atoms with E-state index in [1.807, 2.05) is 30.3 Å². The van der Waals surface area contributed by atoms with E-state index in [1.165, 1.54) is 15.4 Å². The Morgan fingerprint density at radius 3 is 2.19 bits per heavy atom. The highest BCUT2D eigenvalue weighted by atomic mass is 16.5. The third-order valence-electron chi connectivity index (χ3n) is 5.97. The molecule has 0 aromatic heterocycles. The van der Waals surface area contributed by atoms with Gasteiger partial charge in [0.25, 0.3) is 5.91 Å². The van der Waals surface area contributed by atoms with Crippen molar-refractivity contribution in [2.75, 3.05) is 59.4 Å². The fraction of sp³-hybridized carbons (Fsp3) is 0.458. The number of methoxy groups -OCH3 is 3. The first-order valence-electron chi connectivity index (χ1n) is 10.9. The summed E-state index contributed by atoms with van der Waals surface area (Å²) in [6, 6.07) is 12.0.